The summed E-state index contributed by atoms with van der Waals surface area (Å²) in [5.41, 5.74) is 13.4. The van der Waals surface area contributed by atoms with Crippen molar-refractivity contribution in [2.45, 2.75) is 44.3 Å². The van der Waals surface area contributed by atoms with Gasteiger partial charge in [-0.2, -0.15) is 0 Å². The monoisotopic (exact) mass is 553 g/mol. The number of thiazole rings is 1. The number of amides is 1. The Morgan fingerprint density at radius 1 is 1.15 bits per heavy atom. The molecule has 0 spiro atoms. The maximum absolute atomic E-state index is 13.6. The summed E-state index contributed by atoms with van der Waals surface area (Å²) in [7, 11) is 3.67. The van der Waals surface area contributed by atoms with E-state index in [9.17, 15) is 4.79 Å². The van der Waals surface area contributed by atoms with E-state index < -0.39 is 0 Å². The highest BCUT2D eigenvalue weighted by Gasteiger charge is 2.47. The minimum Gasteiger partial charge on any atom is -0.494 e. The second kappa shape index (κ2) is 8.87. The minimum absolute atomic E-state index is 0.0118. The van der Waals surface area contributed by atoms with Crippen molar-refractivity contribution < 1.29 is 9.53 Å². The molecule has 3 atom stereocenters. The van der Waals surface area contributed by atoms with E-state index in [0.717, 1.165) is 70.1 Å². The number of rotatable bonds is 6. The van der Waals surface area contributed by atoms with Crippen LogP contribution in [0.5, 0.6) is 5.75 Å². The maximum Gasteiger partial charge on any atom is 0.254 e. The number of methoxy groups -OCH3 is 1. The lowest BCUT2D eigenvalue weighted by Gasteiger charge is -2.27. The van der Waals surface area contributed by atoms with Gasteiger partial charge < -0.3 is 24.5 Å². The van der Waals surface area contributed by atoms with Gasteiger partial charge in [0.25, 0.3) is 5.91 Å². The second-order valence-electron chi connectivity index (χ2n) is 11.5. The minimum atomic E-state index is 0.0118. The number of nitrogens with zero attached hydrogens (tertiary/aromatic N) is 6. The number of pyridine rings is 1. The van der Waals surface area contributed by atoms with Crippen molar-refractivity contribution in [3.05, 3.63) is 47.6 Å². The molecule has 2 saturated carbocycles. The van der Waals surface area contributed by atoms with Gasteiger partial charge in [0, 0.05) is 49.4 Å². The van der Waals surface area contributed by atoms with Gasteiger partial charge in [0.05, 0.1) is 34.4 Å². The molecule has 3 aliphatic rings. The fourth-order valence-corrected chi connectivity index (χ4v) is 7.39. The van der Waals surface area contributed by atoms with Gasteiger partial charge in [-0.25, -0.2) is 9.97 Å². The highest BCUT2D eigenvalue weighted by atomic mass is 32.1. The van der Waals surface area contributed by atoms with Gasteiger partial charge in [0.2, 0.25) is 0 Å². The molecule has 10 heteroatoms. The Morgan fingerprint density at radius 2 is 2.02 bits per heavy atom. The number of benzene rings is 1. The molecular formula is C30H31N7O2S. The molecule has 3 fully saturated rings. The van der Waals surface area contributed by atoms with Crippen LogP contribution in [0.1, 0.15) is 36.0 Å². The Balaban J connectivity index is 1.25. The van der Waals surface area contributed by atoms with Crippen LogP contribution in [0.25, 0.3) is 44.2 Å². The average molecular weight is 554 g/mol. The normalized spacial score (nSPS) is 22.2. The number of aryl methyl sites for hydroxylation is 1. The molecule has 40 heavy (non-hydrogen) atoms. The fourth-order valence-electron chi connectivity index (χ4n) is 6.80. The third-order valence-electron chi connectivity index (χ3n) is 9.11. The summed E-state index contributed by atoms with van der Waals surface area (Å²) in [6, 6.07) is 10.4. The van der Waals surface area contributed by atoms with Gasteiger partial charge in [-0.1, -0.05) is 0 Å². The van der Waals surface area contributed by atoms with Crippen molar-refractivity contribution in [2.75, 3.05) is 13.7 Å². The largest absolute Gasteiger partial charge is 0.494 e. The molecule has 2 bridgehead atoms. The molecule has 1 aliphatic heterocycles. The Bertz CT molecular complexity index is 1790. The van der Waals surface area contributed by atoms with Gasteiger partial charge in [0.1, 0.15) is 16.9 Å². The lowest BCUT2D eigenvalue weighted by molar-refractivity contribution is 0.0700. The molecule has 8 rings (SSSR count). The van der Waals surface area contributed by atoms with E-state index in [0.29, 0.717) is 23.1 Å². The molecule has 2 aliphatic carbocycles. The number of aromatic nitrogens is 5. The summed E-state index contributed by atoms with van der Waals surface area (Å²) in [5, 5.41) is 1.08. The number of imidazole rings is 1. The zero-order valence-electron chi connectivity index (χ0n) is 22.6. The van der Waals surface area contributed by atoms with Crippen LogP contribution in [-0.2, 0) is 13.6 Å². The number of piperidine rings is 1. The smallest absolute Gasteiger partial charge is 0.254 e. The number of nitrogens with two attached hydrogens (primary N) is 1. The molecule has 0 radical (unpaired) electrons. The summed E-state index contributed by atoms with van der Waals surface area (Å²) >= 11 is 1.59. The summed E-state index contributed by atoms with van der Waals surface area (Å²) in [6.45, 7) is 1.64. The summed E-state index contributed by atoms with van der Waals surface area (Å²) < 4.78 is 10.2. The molecule has 1 aromatic carbocycles. The summed E-state index contributed by atoms with van der Waals surface area (Å²) in [4.78, 5) is 31.1. The van der Waals surface area contributed by atoms with Crippen molar-refractivity contribution in [3.8, 4) is 27.8 Å². The van der Waals surface area contributed by atoms with Gasteiger partial charge in [0.15, 0.2) is 5.82 Å². The lowest BCUT2D eigenvalue weighted by atomic mass is 10.1. The van der Waals surface area contributed by atoms with Crippen molar-refractivity contribution in [3.63, 3.8) is 0 Å². The van der Waals surface area contributed by atoms with Crippen molar-refractivity contribution in [1.82, 2.24) is 29.0 Å². The molecular weight excluding hydrogens is 522 g/mol. The first-order valence-electron chi connectivity index (χ1n) is 14.0. The lowest BCUT2D eigenvalue weighted by Crippen LogP contribution is -2.41. The number of fused-ring (bicyclic) bond motifs is 4. The van der Waals surface area contributed by atoms with Gasteiger partial charge in [-0.05, 0) is 67.9 Å². The number of carbonyl (C=O) groups is 1. The topological polar surface area (TPSA) is 104 Å². The number of carbonyl (C=O) groups excluding carboxylic acids is 1. The van der Waals surface area contributed by atoms with Gasteiger partial charge in [-0.15, -0.1) is 11.3 Å². The van der Waals surface area contributed by atoms with Crippen LogP contribution < -0.4 is 10.5 Å². The predicted octanol–water partition coefficient (Wildman–Crippen LogP) is 4.69. The van der Waals surface area contributed by atoms with Crippen LogP contribution in [0, 0.1) is 11.8 Å². The van der Waals surface area contributed by atoms with Crippen LogP contribution in [0.4, 0.5) is 0 Å². The van der Waals surface area contributed by atoms with Crippen LogP contribution in [0.2, 0.25) is 0 Å². The predicted molar refractivity (Wildman–Crippen MR) is 155 cm³/mol. The van der Waals surface area contributed by atoms with Crippen LogP contribution in [-0.4, -0.2) is 60.6 Å². The maximum atomic E-state index is 13.6. The van der Waals surface area contributed by atoms with E-state index in [-0.39, 0.29) is 18.0 Å². The molecule has 5 aromatic rings. The first-order valence-corrected chi connectivity index (χ1v) is 14.9. The summed E-state index contributed by atoms with van der Waals surface area (Å²) in [6.07, 6.45) is 6.42. The van der Waals surface area contributed by atoms with Crippen LogP contribution in [0.3, 0.4) is 0 Å². The zero-order chi connectivity index (χ0) is 27.1. The van der Waals surface area contributed by atoms with Crippen LogP contribution in [0.15, 0.2) is 42.0 Å². The molecule has 9 nitrogen and oxygen atoms in total. The molecule has 4 aromatic heterocycles. The third kappa shape index (κ3) is 3.62. The van der Waals surface area contributed by atoms with Crippen LogP contribution >= 0.6 is 11.3 Å². The van der Waals surface area contributed by atoms with E-state index in [4.69, 9.17) is 20.4 Å². The van der Waals surface area contributed by atoms with E-state index in [1.165, 1.54) is 12.8 Å². The van der Waals surface area contributed by atoms with Crippen molar-refractivity contribution in [1.29, 1.82) is 0 Å². The SMILES string of the molecule is COc1cc(C(=O)N2C[C@H]3CC[C@@H]2[C@@H]3N)cc2nc(-c3cc4ccc(-c5cncs5)nc4n3CC3CC3)n(C)c12. The van der Waals surface area contributed by atoms with Crippen molar-refractivity contribution in [2.24, 2.45) is 24.6 Å². The van der Waals surface area contributed by atoms with E-state index in [1.54, 1.807) is 18.4 Å². The molecule has 2 N–H and O–H groups in total. The number of ether oxygens (including phenoxy) is 1. The first-order chi connectivity index (χ1) is 19.5. The highest BCUT2D eigenvalue weighted by molar-refractivity contribution is 7.13. The van der Waals surface area contributed by atoms with Gasteiger partial charge >= 0.3 is 0 Å². The average Bonchev–Trinajstić information content (AvgIpc) is 3.34. The zero-order valence-corrected chi connectivity index (χ0v) is 23.4. The quantitative estimate of drug-likeness (QED) is 0.327. The Hall–Kier alpha value is -3.76. The molecule has 5 heterocycles. The Morgan fingerprint density at radius 3 is 2.73 bits per heavy atom. The molecule has 1 saturated heterocycles. The van der Waals surface area contributed by atoms with E-state index in [2.05, 4.69) is 32.3 Å². The summed E-state index contributed by atoms with van der Waals surface area (Å²) in [5.74, 6) is 2.54. The fraction of sp³-hybridized carbons (Fsp3) is 0.400. The van der Waals surface area contributed by atoms with E-state index in [1.807, 2.05) is 35.8 Å². The Kier molecular flexibility index (Phi) is 5.34. The Labute approximate surface area is 235 Å². The first kappa shape index (κ1) is 24.1. The molecule has 1 amide bonds. The number of hydrogen-bond donors (Lipinski definition) is 1. The second-order valence-corrected chi connectivity index (χ2v) is 12.4. The van der Waals surface area contributed by atoms with E-state index >= 15 is 0 Å². The molecule has 204 valence electrons. The van der Waals surface area contributed by atoms with Gasteiger partial charge in [-0.3, -0.25) is 9.78 Å². The number of hydrogen-bond acceptors (Lipinski definition) is 7. The third-order valence-corrected chi connectivity index (χ3v) is 9.91. The van der Waals surface area contributed by atoms with Crippen molar-refractivity contribution >= 4 is 39.3 Å². The highest BCUT2D eigenvalue weighted by Crippen LogP contribution is 2.40. The standard InChI is InChI=1S/C30H31N7O2S/c1-35-27-21(9-19(11-24(27)39-2)30(38)37-14-18-6-8-22(37)26(18)31)34-29(35)23-10-17-5-7-20(25-12-32-15-40-25)33-28(17)36(23)13-16-3-4-16/h5,7,9-12,15-16,18,22,26H,3-4,6,8,13-14,31H2,1-2H3/t18-,22-,26-/m1/s1. The number of likely N-dealkylation sites (tertiary alicyclic amines) is 1. The molecule has 0 unspecified atom stereocenters.